The van der Waals surface area contributed by atoms with Crippen LogP contribution in [0.1, 0.15) is 25.5 Å². The molecule has 0 unspecified atom stereocenters. The van der Waals surface area contributed by atoms with E-state index in [4.69, 9.17) is 0 Å². The highest BCUT2D eigenvalue weighted by atomic mass is 14.7. The van der Waals surface area contributed by atoms with Crippen molar-refractivity contribution in [2.45, 2.75) is 26.2 Å². The molecule has 0 saturated carbocycles. The van der Waals surface area contributed by atoms with Crippen LogP contribution < -0.4 is 0 Å². The van der Waals surface area contributed by atoms with Crippen LogP contribution in [0.15, 0.2) is 24.4 Å². The largest absolute Gasteiger partial charge is 0.261 e. The molecule has 0 aromatic carbocycles. The highest BCUT2D eigenvalue weighted by Crippen LogP contribution is 2.01. The number of aromatic nitrogens is 1. The van der Waals surface area contributed by atoms with Gasteiger partial charge in [0.05, 0.1) is 0 Å². The topological polar surface area (TPSA) is 12.9 Å². The van der Waals surface area contributed by atoms with Crippen LogP contribution in [0, 0.1) is 6.42 Å². The van der Waals surface area contributed by atoms with E-state index in [1.807, 2.05) is 18.3 Å². The predicted octanol–water partition coefficient (Wildman–Crippen LogP) is 2.63. The number of hydrogen-bond donors (Lipinski definition) is 0. The number of nitrogens with zero attached hydrogens (tertiary/aromatic N) is 1. The highest BCUT2D eigenvalue weighted by molar-refractivity contribution is 5.05. The zero-order chi connectivity index (χ0) is 7.94. The summed E-state index contributed by atoms with van der Waals surface area (Å²) in [6, 6.07) is 6.04. The Bertz CT molecular complexity index is 181. The molecule has 1 nitrogen and oxygen atoms in total. The Morgan fingerprint density at radius 3 is 3.00 bits per heavy atom. The molecule has 0 atom stereocenters. The maximum atomic E-state index is 4.22. The minimum atomic E-state index is 1.01. The van der Waals surface area contributed by atoms with Gasteiger partial charge in [-0.1, -0.05) is 25.8 Å². The molecule has 59 valence electrons. The molecule has 1 heteroatoms. The summed E-state index contributed by atoms with van der Waals surface area (Å²) >= 11 is 0. The minimum Gasteiger partial charge on any atom is -0.261 e. The fourth-order valence-electron chi connectivity index (χ4n) is 0.973. The lowest BCUT2D eigenvalue weighted by Gasteiger charge is -1.96. The number of unbranched alkanes of at least 4 members (excludes halogenated alkanes) is 2. The lowest BCUT2D eigenvalue weighted by atomic mass is 10.1. The van der Waals surface area contributed by atoms with E-state index in [2.05, 4.69) is 24.4 Å². The van der Waals surface area contributed by atoms with E-state index in [9.17, 15) is 0 Å². The standard InChI is InChI=1S/C10H14N/c1-2-3-4-7-10-8-5-6-9-11-10/h4-6,8-9H,2-3,7H2,1H3. The third-order valence-electron chi connectivity index (χ3n) is 1.57. The summed E-state index contributed by atoms with van der Waals surface area (Å²) in [4.78, 5) is 4.22. The second-order valence-electron chi connectivity index (χ2n) is 2.60. The molecule has 1 aromatic rings. The summed E-state index contributed by atoms with van der Waals surface area (Å²) in [5.74, 6) is 0. The summed E-state index contributed by atoms with van der Waals surface area (Å²) in [5.41, 5.74) is 1.17. The Labute approximate surface area is 68.5 Å². The van der Waals surface area contributed by atoms with Crippen LogP contribution in [0.4, 0.5) is 0 Å². The highest BCUT2D eigenvalue weighted by Gasteiger charge is 1.91. The molecule has 0 N–H and O–H groups in total. The molecular weight excluding hydrogens is 134 g/mol. The molecule has 0 amide bonds. The average molecular weight is 148 g/mol. The van der Waals surface area contributed by atoms with Gasteiger partial charge in [-0.15, -0.1) is 0 Å². The summed E-state index contributed by atoms with van der Waals surface area (Å²) in [5, 5.41) is 0. The van der Waals surface area contributed by atoms with Gasteiger partial charge in [0.1, 0.15) is 0 Å². The van der Waals surface area contributed by atoms with Crippen molar-refractivity contribution in [1.82, 2.24) is 4.98 Å². The van der Waals surface area contributed by atoms with Crippen LogP contribution in [0.2, 0.25) is 0 Å². The normalized spacial score (nSPS) is 9.91. The van der Waals surface area contributed by atoms with E-state index in [-0.39, 0.29) is 0 Å². The van der Waals surface area contributed by atoms with Gasteiger partial charge in [-0.2, -0.15) is 0 Å². The van der Waals surface area contributed by atoms with Crippen molar-refractivity contribution in [2.75, 3.05) is 0 Å². The smallest absolute Gasteiger partial charge is 0.0406 e. The van der Waals surface area contributed by atoms with Crippen LogP contribution in [-0.2, 0) is 6.42 Å². The lowest BCUT2D eigenvalue weighted by Crippen LogP contribution is -1.88. The summed E-state index contributed by atoms with van der Waals surface area (Å²) in [7, 11) is 0. The first-order valence-electron chi connectivity index (χ1n) is 4.15. The molecular formula is C10H14N. The maximum absolute atomic E-state index is 4.22. The van der Waals surface area contributed by atoms with E-state index < -0.39 is 0 Å². The molecule has 0 bridgehead atoms. The Hall–Kier alpha value is -0.850. The number of rotatable bonds is 4. The first-order chi connectivity index (χ1) is 5.43. The van der Waals surface area contributed by atoms with E-state index in [0.717, 1.165) is 6.42 Å². The maximum Gasteiger partial charge on any atom is 0.0406 e. The number of hydrogen-bond acceptors (Lipinski definition) is 1. The second kappa shape index (κ2) is 4.89. The molecule has 1 aromatic heterocycles. The summed E-state index contributed by atoms with van der Waals surface area (Å²) in [6.45, 7) is 2.19. The van der Waals surface area contributed by atoms with Crippen LogP contribution in [0.3, 0.4) is 0 Å². The Morgan fingerprint density at radius 2 is 2.36 bits per heavy atom. The Balaban J connectivity index is 2.28. The third kappa shape index (κ3) is 3.17. The van der Waals surface area contributed by atoms with E-state index in [1.54, 1.807) is 0 Å². The van der Waals surface area contributed by atoms with Gasteiger partial charge in [0, 0.05) is 11.9 Å². The molecule has 0 fully saturated rings. The zero-order valence-electron chi connectivity index (χ0n) is 6.96. The third-order valence-corrected chi connectivity index (χ3v) is 1.57. The zero-order valence-corrected chi connectivity index (χ0v) is 6.96. The van der Waals surface area contributed by atoms with E-state index >= 15 is 0 Å². The second-order valence-corrected chi connectivity index (χ2v) is 2.60. The average Bonchev–Trinajstić information content (AvgIpc) is 2.07. The number of pyridine rings is 1. The van der Waals surface area contributed by atoms with Crippen molar-refractivity contribution in [3.8, 4) is 0 Å². The van der Waals surface area contributed by atoms with Gasteiger partial charge < -0.3 is 0 Å². The van der Waals surface area contributed by atoms with Gasteiger partial charge in [0.2, 0.25) is 0 Å². The van der Waals surface area contributed by atoms with Crippen molar-refractivity contribution in [1.29, 1.82) is 0 Å². The summed E-state index contributed by atoms with van der Waals surface area (Å²) < 4.78 is 0. The van der Waals surface area contributed by atoms with Gasteiger partial charge in [0.25, 0.3) is 0 Å². The molecule has 1 radical (unpaired) electrons. The first-order valence-corrected chi connectivity index (χ1v) is 4.15. The molecule has 0 saturated heterocycles. The molecule has 0 aliphatic carbocycles. The van der Waals surface area contributed by atoms with Gasteiger partial charge >= 0.3 is 0 Å². The van der Waals surface area contributed by atoms with Crippen LogP contribution >= 0.6 is 0 Å². The fraction of sp³-hybridized carbons (Fsp3) is 0.400. The van der Waals surface area contributed by atoms with Crippen molar-refractivity contribution in [3.63, 3.8) is 0 Å². The quantitative estimate of drug-likeness (QED) is 0.598. The molecule has 1 heterocycles. The molecule has 0 aliphatic rings. The first kappa shape index (κ1) is 8.25. The van der Waals surface area contributed by atoms with E-state index in [0.29, 0.717) is 0 Å². The van der Waals surface area contributed by atoms with Crippen LogP contribution in [-0.4, -0.2) is 4.98 Å². The SMILES string of the molecule is CCC[CH]Cc1ccccn1. The van der Waals surface area contributed by atoms with Gasteiger partial charge in [0.15, 0.2) is 0 Å². The molecule has 0 aliphatic heterocycles. The Kier molecular flexibility index (Phi) is 3.67. The van der Waals surface area contributed by atoms with E-state index in [1.165, 1.54) is 18.5 Å². The minimum absolute atomic E-state index is 1.01. The van der Waals surface area contributed by atoms with Crippen molar-refractivity contribution in [2.24, 2.45) is 0 Å². The van der Waals surface area contributed by atoms with Crippen LogP contribution in [0.5, 0.6) is 0 Å². The molecule has 1 rings (SSSR count). The fourth-order valence-corrected chi connectivity index (χ4v) is 0.973. The summed E-state index contributed by atoms with van der Waals surface area (Å²) in [6.07, 6.45) is 7.55. The molecule has 0 spiro atoms. The predicted molar refractivity (Wildman–Crippen MR) is 47.1 cm³/mol. The lowest BCUT2D eigenvalue weighted by molar-refractivity contribution is 0.852. The van der Waals surface area contributed by atoms with Crippen molar-refractivity contribution in [3.05, 3.63) is 36.5 Å². The van der Waals surface area contributed by atoms with Crippen molar-refractivity contribution >= 4 is 0 Å². The van der Waals surface area contributed by atoms with Crippen molar-refractivity contribution < 1.29 is 0 Å². The molecule has 11 heavy (non-hydrogen) atoms. The van der Waals surface area contributed by atoms with Gasteiger partial charge in [-0.3, -0.25) is 4.98 Å². The van der Waals surface area contributed by atoms with Crippen LogP contribution in [0.25, 0.3) is 0 Å². The Morgan fingerprint density at radius 1 is 1.45 bits per heavy atom. The monoisotopic (exact) mass is 148 g/mol. The van der Waals surface area contributed by atoms with Gasteiger partial charge in [-0.25, -0.2) is 0 Å². The van der Waals surface area contributed by atoms with Gasteiger partial charge in [-0.05, 0) is 25.0 Å².